The van der Waals surface area contributed by atoms with Crippen LogP contribution in [0.25, 0.3) is 5.69 Å². The van der Waals surface area contributed by atoms with E-state index >= 15 is 0 Å². The predicted octanol–water partition coefficient (Wildman–Crippen LogP) is 1.35. The van der Waals surface area contributed by atoms with E-state index in [-0.39, 0.29) is 29.8 Å². The smallest absolute Gasteiger partial charge is 0.335 e. The second-order valence-corrected chi connectivity index (χ2v) is 5.19. The number of hydrogen-bond donors (Lipinski definition) is 1. The van der Waals surface area contributed by atoms with Gasteiger partial charge in [-0.15, -0.1) is 0 Å². The molecule has 0 aliphatic rings. The van der Waals surface area contributed by atoms with E-state index in [1.54, 1.807) is 27.0 Å². The Morgan fingerprint density at radius 3 is 2.14 bits per heavy atom. The van der Waals surface area contributed by atoms with Crippen molar-refractivity contribution in [3.63, 3.8) is 0 Å². The summed E-state index contributed by atoms with van der Waals surface area (Å²) in [5.41, 5.74) is 9.38. The van der Waals surface area contributed by atoms with Gasteiger partial charge < -0.3 is 10.3 Å². The molecule has 0 aliphatic carbocycles. The van der Waals surface area contributed by atoms with Crippen LogP contribution < -0.4 is 17.0 Å². The predicted molar refractivity (Wildman–Crippen MR) is 80.6 cm³/mol. The van der Waals surface area contributed by atoms with E-state index in [0.717, 1.165) is 11.1 Å². The van der Waals surface area contributed by atoms with Crippen LogP contribution in [0.2, 0.25) is 0 Å². The molecule has 0 saturated carbocycles. The van der Waals surface area contributed by atoms with Gasteiger partial charge >= 0.3 is 5.69 Å². The van der Waals surface area contributed by atoms with Crippen LogP contribution >= 0.6 is 0 Å². The van der Waals surface area contributed by atoms with Gasteiger partial charge in [-0.3, -0.25) is 4.79 Å². The molecule has 0 saturated heterocycles. The molecule has 1 heterocycles. The molecule has 0 fully saturated rings. The molecule has 0 bridgehead atoms. The van der Waals surface area contributed by atoms with Gasteiger partial charge in [-0.05, 0) is 44.9 Å². The second-order valence-electron chi connectivity index (χ2n) is 5.19. The Bertz CT molecular complexity index is 782. The summed E-state index contributed by atoms with van der Waals surface area (Å²) in [5.74, 6) is 0. The fraction of sp³-hybridized carbons (Fsp3) is 0.333. The molecule has 1 aromatic heterocycles. The van der Waals surface area contributed by atoms with Crippen molar-refractivity contribution >= 4 is 5.69 Å². The minimum Gasteiger partial charge on any atom is -0.398 e. The minimum absolute atomic E-state index is 0. The first-order valence-corrected chi connectivity index (χ1v) is 6.42. The van der Waals surface area contributed by atoms with Gasteiger partial charge in [-0.25, -0.2) is 9.36 Å². The summed E-state index contributed by atoms with van der Waals surface area (Å²) in [7, 11) is 1.66. The Kier molecular flexibility index (Phi) is 4.92. The van der Waals surface area contributed by atoms with Crippen molar-refractivity contribution in [3.8, 4) is 5.69 Å². The van der Waals surface area contributed by atoms with Crippen molar-refractivity contribution in [3.05, 3.63) is 55.4 Å². The minimum atomic E-state index is -0.357. The topological polar surface area (TPSA) is 70.0 Å². The van der Waals surface area contributed by atoms with Gasteiger partial charge in [0.05, 0.1) is 5.69 Å². The van der Waals surface area contributed by atoms with Crippen molar-refractivity contribution < 1.29 is 18.6 Å². The summed E-state index contributed by atoms with van der Waals surface area (Å²) in [6, 6.07) is 3.56. The van der Waals surface area contributed by atoms with E-state index in [0.29, 0.717) is 22.6 Å². The number of nitrogens with two attached hydrogens (primary N) is 1. The monoisotopic (exact) mass is 324 g/mol. The van der Waals surface area contributed by atoms with Crippen LogP contribution in [0.1, 0.15) is 22.4 Å². The van der Waals surface area contributed by atoms with Crippen LogP contribution in [0.5, 0.6) is 0 Å². The molecule has 5 nitrogen and oxygen atoms in total. The molecular formula is C15H19N3O2V. The van der Waals surface area contributed by atoms with Crippen LogP contribution in [-0.2, 0) is 25.6 Å². The molecule has 2 aromatic rings. The standard InChI is InChI=1S/C15H19N3O2.V/c1-8-6-9(2)13(7-12(8)16)18-14(19)10(3)11(4)17(5)15(18)20;/h6-7H,16H2,1-5H3;. The number of aromatic nitrogens is 2. The summed E-state index contributed by atoms with van der Waals surface area (Å²) < 4.78 is 2.67. The zero-order chi connectivity index (χ0) is 15.2. The van der Waals surface area contributed by atoms with Crippen LogP contribution in [0.15, 0.2) is 21.7 Å². The van der Waals surface area contributed by atoms with Gasteiger partial charge in [-0.1, -0.05) is 6.07 Å². The van der Waals surface area contributed by atoms with Crippen molar-refractivity contribution in [1.82, 2.24) is 9.13 Å². The van der Waals surface area contributed by atoms with Gasteiger partial charge in [-0.2, -0.15) is 0 Å². The number of aryl methyl sites for hydroxylation is 2. The zero-order valence-corrected chi connectivity index (χ0v) is 14.3. The summed E-state index contributed by atoms with van der Waals surface area (Å²) in [4.78, 5) is 24.8. The molecule has 21 heavy (non-hydrogen) atoms. The van der Waals surface area contributed by atoms with E-state index in [1.165, 1.54) is 9.13 Å². The number of benzene rings is 1. The van der Waals surface area contributed by atoms with Gasteiger partial charge in [0.2, 0.25) is 0 Å². The first kappa shape index (κ1) is 17.3. The molecule has 0 amide bonds. The Balaban J connectivity index is 0.00000220. The molecular weight excluding hydrogens is 305 g/mol. The van der Waals surface area contributed by atoms with Gasteiger partial charge in [0, 0.05) is 42.5 Å². The SMILES string of the molecule is Cc1cc(C)c(-n2c(=O)c(C)c(C)n(C)c2=O)cc1N.[V]. The molecule has 1 aromatic carbocycles. The number of nitrogen functional groups attached to an aromatic ring is 1. The third-order valence-corrected chi connectivity index (χ3v) is 3.87. The summed E-state index contributed by atoms with van der Waals surface area (Å²) >= 11 is 0. The maximum absolute atomic E-state index is 12.4. The average Bonchev–Trinajstić information content (AvgIpc) is 2.40. The Hall–Kier alpha value is -1.72. The van der Waals surface area contributed by atoms with E-state index in [2.05, 4.69) is 0 Å². The second kappa shape index (κ2) is 5.96. The van der Waals surface area contributed by atoms with Crippen molar-refractivity contribution in [2.24, 2.45) is 7.05 Å². The Morgan fingerprint density at radius 1 is 1.00 bits per heavy atom. The maximum Gasteiger partial charge on any atom is 0.335 e. The molecule has 0 atom stereocenters. The number of nitrogens with zero attached hydrogens (tertiary/aromatic N) is 2. The first-order chi connectivity index (χ1) is 9.25. The van der Waals surface area contributed by atoms with Crippen molar-refractivity contribution in [2.75, 3.05) is 5.73 Å². The molecule has 0 unspecified atom stereocenters. The molecule has 0 aliphatic heterocycles. The van der Waals surface area contributed by atoms with Crippen LogP contribution in [0, 0.1) is 27.7 Å². The number of anilines is 1. The van der Waals surface area contributed by atoms with E-state index in [9.17, 15) is 9.59 Å². The van der Waals surface area contributed by atoms with Gasteiger partial charge in [0.15, 0.2) is 0 Å². The molecule has 0 spiro atoms. The molecule has 2 N–H and O–H groups in total. The first-order valence-electron chi connectivity index (χ1n) is 6.42. The fourth-order valence-electron chi connectivity index (χ4n) is 2.26. The third kappa shape index (κ3) is 2.71. The fourth-order valence-corrected chi connectivity index (χ4v) is 2.26. The van der Waals surface area contributed by atoms with Crippen LogP contribution in [0.4, 0.5) is 5.69 Å². The molecule has 1 radical (unpaired) electrons. The summed E-state index contributed by atoms with van der Waals surface area (Å²) in [6.45, 7) is 7.25. The molecule has 2 rings (SSSR count). The van der Waals surface area contributed by atoms with Crippen molar-refractivity contribution in [1.29, 1.82) is 0 Å². The summed E-state index contributed by atoms with van der Waals surface area (Å²) in [5, 5.41) is 0. The number of rotatable bonds is 1. The Morgan fingerprint density at radius 2 is 1.57 bits per heavy atom. The van der Waals surface area contributed by atoms with E-state index < -0.39 is 0 Å². The molecule has 111 valence electrons. The largest absolute Gasteiger partial charge is 0.398 e. The average molecular weight is 324 g/mol. The normalized spacial score (nSPS) is 10.3. The van der Waals surface area contributed by atoms with E-state index in [1.807, 2.05) is 19.9 Å². The van der Waals surface area contributed by atoms with Gasteiger partial charge in [0.1, 0.15) is 0 Å². The summed E-state index contributed by atoms with van der Waals surface area (Å²) in [6.07, 6.45) is 0. The number of hydrogen-bond acceptors (Lipinski definition) is 3. The quantitative estimate of drug-likeness (QED) is 0.805. The zero-order valence-electron chi connectivity index (χ0n) is 12.9. The maximum atomic E-state index is 12.4. The van der Waals surface area contributed by atoms with E-state index in [4.69, 9.17) is 5.73 Å². The van der Waals surface area contributed by atoms with Crippen molar-refractivity contribution in [2.45, 2.75) is 27.7 Å². The molecule has 6 heteroatoms. The Labute approximate surface area is 135 Å². The third-order valence-electron chi connectivity index (χ3n) is 3.87. The van der Waals surface area contributed by atoms with Crippen LogP contribution in [-0.4, -0.2) is 9.13 Å². The van der Waals surface area contributed by atoms with Gasteiger partial charge in [0.25, 0.3) is 5.56 Å². The van der Waals surface area contributed by atoms with Crippen LogP contribution in [0.3, 0.4) is 0 Å².